The number of rotatable bonds is 6. The monoisotopic (exact) mass is 338 g/mol. The topological polar surface area (TPSA) is 48.5 Å². The molecule has 5 heteroatoms. The highest BCUT2D eigenvalue weighted by Gasteiger charge is 2.13. The van der Waals surface area contributed by atoms with E-state index in [0.717, 1.165) is 37.6 Å². The van der Waals surface area contributed by atoms with Crippen LogP contribution < -0.4 is 15.1 Å². The summed E-state index contributed by atoms with van der Waals surface area (Å²) in [5.41, 5.74) is 3.58. The summed E-state index contributed by atoms with van der Waals surface area (Å²) in [5.74, 6) is -0.129. The van der Waals surface area contributed by atoms with Crippen LogP contribution in [-0.4, -0.2) is 37.1 Å². The molecule has 1 aliphatic rings. The first kappa shape index (κ1) is 17.3. The van der Waals surface area contributed by atoms with Gasteiger partial charge in [-0.3, -0.25) is 9.78 Å². The van der Waals surface area contributed by atoms with Gasteiger partial charge in [-0.05, 0) is 57.0 Å². The minimum absolute atomic E-state index is 0.129. The van der Waals surface area contributed by atoms with Crippen LogP contribution in [0.1, 0.15) is 37.0 Å². The third-order valence-corrected chi connectivity index (χ3v) is 4.71. The Kier molecular flexibility index (Phi) is 5.53. The van der Waals surface area contributed by atoms with Crippen molar-refractivity contribution in [2.45, 2.75) is 26.7 Å². The summed E-state index contributed by atoms with van der Waals surface area (Å²) in [4.78, 5) is 21.3. The van der Waals surface area contributed by atoms with Crippen molar-refractivity contribution >= 4 is 23.0 Å². The smallest absolute Gasteiger partial charge is 0.257 e. The predicted octanol–water partition coefficient (Wildman–Crippen LogP) is 3.78. The molecule has 5 nitrogen and oxygen atoms in total. The largest absolute Gasteiger partial charge is 0.372 e. The summed E-state index contributed by atoms with van der Waals surface area (Å²) in [5, 5.41) is 2.96. The molecular weight excluding hydrogens is 312 g/mol. The first-order valence-electron chi connectivity index (χ1n) is 9.07. The molecule has 0 aliphatic carbocycles. The Morgan fingerprint density at radius 2 is 1.80 bits per heavy atom. The minimum atomic E-state index is -0.129. The molecule has 3 rings (SSSR count). The van der Waals surface area contributed by atoms with Gasteiger partial charge < -0.3 is 15.1 Å². The molecule has 2 heterocycles. The van der Waals surface area contributed by atoms with Crippen molar-refractivity contribution < 1.29 is 4.79 Å². The van der Waals surface area contributed by atoms with Crippen molar-refractivity contribution in [1.29, 1.82) is 0 Å². The molecule has 0 atom stereocenters. The van der Waals surface area contributed by atoms with Gasteiger partial charge in [-0.2, -0.15) is 0 Å². The first-order valence-corrected chi connectivity index (χ1v) is 9.07. The number of hydrogen-bond acceptors (Lipinski definition) is 4. The molecule has 0 spiro atoms. The molecule has 1 saturated heterocycles. The van der Waals surface area contributed by atoms with E-state index in [4.69, 9.17) is 0 Å². The Hall–Kier alpha value is -2.56. The van der Waals surface area contributed by atoms with Crippen molar-refractivity contribution in [1.82, 2.24) is 4.98 Å². The van der Waals surface area contributed by atoms with E-state index in [1.54, 1.807) is 12.4 Å². The van der Waals surface area contributed by atoms with E-state index in [1.165, 1.54) is 18.5 Å². The number of amides is 1. The number of hydrogen-bond donors (Lipinski definition) is 1. The third-order valence-electron chi connectivity index (χ3n) is 4.71. The Labute approximate surface area is 149 Å². The lowest BCUT2D eigenvalue weighted by molar-refractivity contribution is 0.102. The molecule has 1 aliphatic heterocycles. The Morgan fingerprint density at radius 3 is 2.44 bits per heavy atom. The minimum Gasteiger partial charge on any atom is -0.372 e. The standard InChI is InChI=1S/C20H26N4O/c1-3-23(4-2)19-13-16(14-21-15-19)20(25)22-17-7-9-18(10-8-17)24-11-5-6-12-24/h7-10,13-15H,3-6,11-12H2,1-2H3,(H,22,25). The molecule has 2 aromatic rings. The van der Waals surface area contributed by atoms with Gasteiger partial charge in [0.15, 0.2) is 0 Å². The molecule has 0 bridgehead atoms. The Morgan fingerprint density at radius 1 is 1.12 bits per heavy atom. The van der Waals surface area contributed by atoms with Gasteiger partial charge in [0.25, 0.3) is 5.91 Å². The maximum atomic E-state index is 12.5. The predicted molar refractivity (Wildman–Crippen MR) is 104 cm³/mol. The van der Waals surface area contributed by atoms with Gasteiger partial charge in [0, 0.05) is 43.8 Å². The van der Waals surface area contributed by atoms with E-state index in [1.807, 2.05) is 18.2 Å². The highest BCUT2D eigenvalue weighted by Crippen LogP contribution is 2.22. The van der Waals surface area contributed by atoms with E-state index >= 15 is 0 Å². The van der Waals surface area contributed by atoms with E-state index in [-0.39, 0.29) is 5.91 Å². The normalized spacial score (nSPS) is 13.8. The van der Waals surface area contributed by atoms with Crippen molar-refractivity contribution in [3.63, 3.8) is 0 Å². The van der Waals surface area contributed by atoms with Gasteiger partial charge in [0.1, 0.15) is 0 Å². The van der Waals surface area contributed by atoms with E-state index in [9.17, 15) is 4.79 Å². The van der Waals surface area contributed by atoms with Crippen LogP contribution in [0.2, 0.25) is 0 Å². The molecule has 1 amide bonds. The van der Waals surface area contributed by atoms with E-state index in [0.29, 0.717) is 5.56 Å². The SMILES string of the molecule is CCN(CC)c1cncc(C(=O)Nc2ccc(N3CCCC3)cc2)c1. The summed E-state index contributed by atoms with van der Waals surface area (Å²) < 4.78 is 0. The molecule has 1 aromatic heterocycles. The van der Waals surface area contributed by atoms with Gasteiger partial charge >= 0.3 is 0 Å². The van der Waals surface area contributed by atoms with Crippen molar-refractivity contribution in [2.75, 3.05) is 41.3 Å². The summed E-state index contributed by atoms with van der Waals surface area (Å²) in [7, 11) is 0. The second-order valence-electron chi connectivity index (χ2n) is 6.30. The van der Waals surface area contributed by atoms with E-state index < -0.39 is 0 Å². The number of benzene rings is 1. The van der Waals surface area contributed by atoms with Crippen molar-refractivity contribution in [3.05, 3.63) is 48.3 Å². The van der Waals surface area contributed by atoms with Gasteiger partial charge in [-0.1, -0.05) is 0 Å². The Bertz CT molecular complexity index is 704. The van der Waals surface area contributed by atoms with Crippen LogP contribution in [0.3, 0.4) is 0 Å². The Balaban J connectivity index is 1.68. The molecule has 25 heavy (non-hydrogen) atoms. The maximum Gasteiger partial charge on any atom is 0.257 e. The van der Waals surface area contributed by atoms with Gasteiger partial charge in [-0.25, -0.2) is 0 Å². The second kappa shape index (κ2) is 8.01. The number of pyridine rings is 1. The zero-order valence-corrected chi connectivity index (χ0v) is 15.0. The summed E-state index contributed by atoms with van der Waals surface area (Å²) in [6, 6.07) is 9.98. The summed E-state index contributed by atoms with van der Waals surface area (Å²) >= 11 is 0. The first-order chi connectivity index (χ1) is 12.2. The number of aromatic nitrogens is 1. The number of carbonyl (C=O) groups excluding carboxylic acids is 1. The van der Waals surface area contributed by atoms with Crippen LogP contribution in [0, 0.1) is 0 Å². The highest BCUT2D eigenvalue weighted by atomic mass is 16.1. The molecule has 0 unspecified atom stereocenters. The van der Waals surface area contributed by atoms with Gasteiger partial charge in [-0.15, -0.1) is 0 Å². The lowest BCUT2D eigenvalue weighted by Crippen LogP contribution is -2.22. The van der Waals surface area contributed by atoms with Crippen LogP contribution in [0.5, 0.6) is 0 Å². The van der Waals surface area contributed by atoms with Crippen LogP contribution in [0.4, 0.5) is 17.1 Å². The number of nitrogens with zero attached hydrogens (tertiary/aromatic N) is 3. The zero-order valence-electron chi connectivity index (χ0n) is 15.0. The molecule has 0 radical (unpaired) electrons. The fraction of sp³-hybridized carbons (Fsp3) is 0.400. The average molecular weight is 338 g/mol. The fourth-order valence-electron chi connectivity index (χ4n) is 3.25. The molecule has 1 aromatic carbocycles. The van der Waals surface area contributed by atoms with E-state index in [2.05, 4.69) is 46.1 Å². The number of nitrogens with one attached hydrogen (secondary N) is 1. The second-order valence-corrected chi connectivity index (χ2v) is 6.30. The molecule has 132 valence electrons. The quantitative estimate of drug-likeness (QED) is 0.871. The average Bonchev–Trinajstić information content (AvgIpc) is 3.18. The zero-order chi connectivity index (χ0) is 17.6. The maximum absolute atomic E-state index is 12.5. The van der Waals surface area contributed by atoms with Crippen LogP contribution in [-0.2, 0) is 0 Å². The molecule has 1 N–H and O–H groups in total. The molecule has 1 fully saturated rings. The van der Waals surface area contributed by atoms with Crippen LogP contribution in [0.15, 0.2) is 42.7 Å². The van der Waals surface area contributed by atoms with Crippen LogP contribution >= 0.6 is 0 Å². The van der Waals surface area contributed by atoms with Gasteiger partial charge in [0.05, 0.1) is 17.4 Å². The van der Waals surface area contributed by atoms with Crippen LogP contribution in [0.25, 0.3) is 0 Å². The fourth-order valence-corrected chi connectivity index (χ4v) is 3.25. The van der Waals surface area contributed by atoms with Gasteiger partial charge in [0.2, 0.25) is 0 Å². The van der Waals surface area contributed by atoms with Crippen molar-refractivity contribution in [2.24, 2.45) is 0 Å². The summed E-state index contributed by atoms with van der Waals surface area (Å²) in [6.45, 7) is 8.21. The third kappa shape index (κ3) is 4.10. The highest BCUT2D eigenvalue weighted by molar-refractivity contribution is 6.04. The number of carbonyl (C=O) groups is 1. The lowest BCUT2D eigenvalue weighted by Gasteiger charge is -2.21. The molecule has 0 saturated carbocycles. The lowest BCUT2D eigenvalue weighted by atomic mass is 10.2. The number of anilines is 3. The molecular formula is C20H26N4O. The summed E-state index contributed by atoms with van der Waals surface area (Å²) in [6.07, 6.45) is 5.93. The van der Waals surface area contributed by atoms with Crippen molar-refractivity contribution in [3.8, 4) is 0 Å².